The van der Waals surface area contributed by atoms with Gasteiger partial charge in [0, 0.05) is 0 Å². The smallest absolute Gasteiger partial charge is 0.0178 e. The molecule has 7 atom stereocenters. The molecule has 128 valence electrons. The Labute approximate surface area is 141 Å². The van der Waals surface area contributed by atoms with E-state index in [-0.39, 0.29) is 7.92 Å². The van der Waals surface area contributed by atoms with Crippen molar-refractivity contribution in [1.82, 2.24) is 0 Å². The summed E-state index contributed by atoms with van der Waals surface area (Å²) in [5, 5.41) is 0. The lowest BCUT2D eigenvalue weighted by molar-refractivity contribution is 0.210. The highest BCUT2D eigenvalue weighted by Gasteiger charge is 2.40. The third-order valence-corrected chi connectivity index (χ3v) is 10.8. The maximum atomic E-state index is 2.70. The van der Waals surface area contributed by atoms with E-state index in [1.54, 1.807) is 38.5 Å². The van der Waals surface area contributed by atoms with E-state index >= 15 is 0 Å². The normalized spacial score (nSPS) is 45.3. The molecule has 3 aliphatic carbocycles. The molecule has 1 heteroatoms. The first-order valence-corrected chi connectivity index (χ1v) is 12.2. The van der Waals surface area contributed by atoms with Gasteiger partial charge < -0.3 is 0 Å². The van der Waals surface area contributed by atoms with Crippen molar-refractivity contribution in [3.05, 3.63) is 0 Å². The minimum Gasteiger partial charge on any atom is -0.103 e. The topological polar surface area (TPSA) is 0 Å². The van der Waals surface area contributed by atoms with Crippen molar-refractivity contribution in [3.8, 4) is 0 Å². The summed E-state index contributed by atoms with van der Waals surface area (Å²) in [4.78, 5) is 0. The van der Waals surface area contributed by atoms with Crippen LogP contribution in [-0.2, 0) is 0 Å². The average Bonchev–Trinajstić information content (AvgIpc) is 3.14. The Bertz CT molecular complexity index is 346. The van der Waals surface area contributed by atoms with Gasteiger partial charge in [-0.25, -0.2) is 0 Å². The van der Waals surface area contributed by atoms with E-state index in [1.807, 2.05) is 0 Å². The Hall–Kier alpha value is 0.430. The predicted molar refractivity (Wildman–Crippen MR) is 101 cm³/mol. The average molecular weight is 323 g/mol. The van der Waals surface area contributed by atoms with Crippen molar-refractivity contribution in [3.63, 3.8) is 0 Å². The molecule has 0 aromatic carbocycles. The molecular weight excluding hydrogens is 283 g/mol. The highest BCUT2D eigenvalue weighted by Crippen LogP contribution is 2.59. The first kappa shape index (κ1) is 17.3. The third-order valence-electron chi connectivity index (χ3n) is 7.54. The fourth-order valence-corrected chi connectivity index (χ4v) is 9.88. The Balaban J connectivity index is 1.64. The zero-order valence-corrected chi connectivity index (χ0v) is 16.5. The van der Waals surface area contributed by atoms with Gasteiger partial charge >= 0.3 is 0 Å². The quantitative estimate of drug-likeness (QED) is 0.493. The van der Waals surface area contributed by atoms with Crippen molar-refractivity contribution in [2.45, 2.75) is 96.3 Å². The molecule has 0 aliphatic heterocycles. The first-order chi connectivity index (χ1) is 10.6. The molecule has 0 radical (unpaired) electrons. The van der Waals surface area contributed by atoms with E-state index in [0.717, 1.165) is 40.9 Å². The van der Waals surface area contributed by atoms with Gasteiger partial charge in [0.2, 0.25) is 0 Å². The molecule has 22 heavy (non-hydrogen) atoms. The van der Waals surface area contributed by atoms with Crippen LogP contribution >= 0.6 is 7.92 Å². The summed E-state index contributed by atoms with van der Waals surface area (Å²) in [5.41, 5.74) is 2.21. The summed E-state index contributed by atoms with van der Waals surface area (Å²) in [6.45, 7) is 10.2. The van der Waals surface area contributed by atoms with Crippen LogP contribution in [0.15, 0.2) is 0 Å². The molecule has 0 aromatic heterocycles. The highest BCUT2D eigenvalue weighted by atomic mass is 31.1. The van der Waals surface area contributed by atoms with E-state index in [2.05, 4.69) is 27.4 Å². The van der Waals surface area contributed by atoms with Gasteiger partial charge in [0.1, 0.15) is 0 Å². The summed E-state index contributed by atoms with van der Waals surface area (Å²) in [6.07, 6.45) is 15.4. The van der Waals surface area contributed by atoms with Crippen LogP contribution in [0, 0.1) is 29.6 Å². The Morgan fingerprint density at radius 1 is 0.818 bits per heavy atom. The van der Waals surface area contributed by atoms with E-state index in [9.17, 15) is 0 Å². The van der Waals surface area contributed by atoms with E-state index < -0.39 is 0 Å². The summed E-state index contributed by atoms with van der Waals surface area (Å²) in [6, 6.07) is 0. The van der Waals surface area contributed by atoms with Crippen molar-refractivity contribution in [2.24, 2.45) is 29.6 Å². The summed E-state index contributed by atoms with van der Waals surface area (Å²) < 4.78 is 0. The van der Waals surface area contributed by atoms with Gasteiger partial charge in [-0.3, -0.25) is 0 Å². The zero-order chi connectivity index (χ0) is 15.7. The second-order valence-electron chi connectivity index (χ2n) is 9.25. The van der Waals surface area contributed by atoms with E-state index in [4.69, 9.17) is 0 Å². The van der Waals surface area contributed by atoms with Gasteiger partial charge in [-0.15, -0.1) is 7.92 Å². The maximum absolute atomic E-state index is 2.70. The molecular formula is C21H39P. The van der Waals surface area contributed by atoms with E-state index in [1.165, 1.54) is 25.7 Å². The van der Waals surface area contributed by atoms with Crippen LogP contribution in [0.5, 0.6) is 0 Å². The molecule has 0 nitrogen and oxygen atoms in total. The SMILES string of the molecule is CCC1CC(C)CC1P(C)C1CC(C)CC(C2CCCC2)C1. The maximum Gasteiger partial charge on any atom is -0.0178 e. The van der Waals surface area contributed by atoms with Gasteiger partial charge in [-0.1, -0.05) is 52.9 Å². The molecule has 0 heterocycles. The zero-order valence-electron chi connectivity index (χ0n) is 15.6. The molecule has 3 rings (SSSR count). The molecule has 0 amide bonds. The van der Waals surface area contributed by atoms with Crippen LogP contribution in [0.2, 0.25) is 0 Å². The third kappa shape index (κ3) is 3.74. The van der Waals surface area contributed by atoms with Crippen LogP contribution in [0.3, 0.4) is 0 Å². The fourth-order valence-electron chi connectivity index (χ4n) is 6.35. The van der Waals surface area contributed by atoms with Crippen LogP contribution in [0.4, 0.5) is 0 Å². The molecule has 3 aliphatic rings. The lowest BCUT2D eigenvalue weighted by Crippen LogP contribution is -2.30. The molecule has 0 N–H and O–H groups in total. The van der Waals surface area contributed by atoms with Gasteiger partial charge in [0.25, 0.3) is 0 Å². The van der Waals surface area contributed by atoms with Crippen LogP contribution < -0.4 is 0 Å². The lowest BCUT2D eigenvalue weighted by atomic mass is 9.75. The van der Waals surface area contributed by atoms with Crippen molar-refractivity contribution < 1.29 is 0 Å². The van der Waals surface area contributed by atoms with Crippen LogP contribution in [0.1, 0.15) is 85.0 Å². The molecule has 0 saturated heterocycles. The lowest BCUT2D eigenvalue weighted by Gasteiger charge is -2.42. The molecule has 0 spiro atoms. The number of hydrogen-bond acceptors (Lipinski definition) is 0. The van der Waals surface area contributed by atoms with Crippen molar-refractivity contribution in [2.75, 3.05) is 6.66 Å². The molecule has 3 saturated carbocycles. The standard InChI is InChI=1S/C21H39P/c1-5-17-10-16(3)13-21(17)22(4)20-12-15(2)11-19(14-20)18-8-6-7-9-18/h15-21H,5-14H2,1-4H3. The minimum absolute atomic E-state index is 0.261. The predicted octanol–water partition coefficient (Wildman–Crippen LogP) is 6.92. The van der Waals surface area contributed by atoms with Gasteiger partial charge in [-0.05, 0) is 79.7 Å². The Morgan fingerprint density at radius 3 is 2.18 bits per heavy atom. The fraction of sp³-hybridized carbons (Fsp3) is 1.00. The number of rotatable bonds is 4. The van der Waals surface area contributed by atoms with Crippen LogP contribution in [0.25, 0.3) is 0 Å². The van der Waals surface area contributed by atoms with Gasteiger partial charge in [-0.2, -0.15) is 0 Å². The molecule has 0 aromatic rings. The van der Waals surface area contributed by atoms with Gasteiger partial charge in [0.05, 0.1) is 0 Å². The van der Waals surface area contributed by atoms with Crippen molar-refractivity contribution >= 4 is 7.92 Å². The summed E-state index contributed by atoms with van der Waals surface area (Å²) in [7, 11) is 0.261. The Kier molecular flexibility index (Phi) is 5.92. The monoisotopic (exact) mass is 322 g/mol. The van der Waals surface area contributed by atoms with Crippen molar-refractivity contribution in [1.29, 1.82) is 0 Å². The summed E-state index contributed by atoms with van der Waals surface area (Å²) in [5.74, 6) is 5.28. The first-order valence-electron chi connectivity index (χ1n) is 10.3. The molecule has 7 unspecified atom stereocenters. The minimum atomic E-state index is 0.261. The van der Waals surface area contributed by atoms with Crippen LogP contribution in [-0.4, -0.2) is 18.0 Å². The summed E-state index contributed by atoms with van der Waals surface area (Å²) >= 11 is 0. The number of hydrogen-bond donors (Lipinski definition) is 0. The second kappa shape index (κ2) is 7.55. The Morgan fingerprint density at radius 2 is 1.50 bits per heavy atom. The highest BCUT2D eigenvalue weighted by molar-refractivity contribution is 7.58. The van der Waals surface area contributed by atoms with E-state index in [0.29, 0.717) is 0 Å². The van der Waals surface area contributed by atoms with Gasteiger partial charge in [0.15, 0.2) is 0 Å². The molecule has 0 bridgehead atoms. The second-order valence-corrected chi connectivity index (χ2v) is 12.0. The largest absolute Gasteiger partial charge is 0.103 e. The molecule has 3 fully saturated rings.